The fourth-order valence-electron chi connectivity index (χ4n) is 4.96. The van der Waals surface area contributed by atoms with E-state index in [-0.39, 0.29) is 30.9 Å². The molecule has 0 heterocycles. The van der Waals surface area contributed by atoms with E-state index in [9.17, 15) is 27.6 Å². The van der Waals surface area contributed by atoms with Gasteiger partial charge in [-0.05, 0) is 47.4 Å². The number of hydrogen-bond acceptors (Lipinski definition) is 4. The van der Waals surface area contributed by atoms with E-state index in [0.717, 1.165) is 22.3 Å². The van der Waals surface area contributed by atoms with Gasteiger partial charge in [0.05, 0.1) is 0 Å². The lowest BCUT2D eigenvalue weighted by Crippen LogP contribution is -2.50. The summed E-state index contributed by atoms with van der Waals surface area (Å²) in [6.45, 7) is 0.159. The average molecular weight is 490 g/mol. The Balaban J connectivity index is 1.26. The summed E-state index contributed by atoms with van der Waals surface area (Å²) in [7, 11) is 0. The van der Waals surface area contributed by atoms with Crippen molar-refractivity contribution in [3.05, 3.63) is 59.7 Å². The monoisotopic (exact) mass is 490 g/mol. The molecule has 0 saturated heterocycles. The van der Waals surface area contributed by atoms with E-state index >= 15 is 0 Å². The number of carbonyl (C=O) groups is 3. The van der Waals surface area contributed by atoms with Crippen molar-refractivity contribution >= 4 is 18.0 Å². The number of hydrogen-bond donors (Lipinski definition) is 3. The van der Waals surface area contributed by atoms with E-state index in [1.54, 1.807) is 0 Å². The van der Waals surface area contributed by atoms with Gasteiger partial charge in [-0.3, -0.25) is 4.79 Å². The van der Waals surface area contributed by atoms with Gasteiger partial charge in [0.2, 0.25) is 11.9 Å². The Morgan fingerprint density at radius 3 is 2.17 bits per heavy atom. The highest BCUT2D eigenvalue weighted by atomic mass is 19.4. The van der Waals surface area contributed by atoms with E-state index in [1.165, 1.54) is 5.32 Å². The van der Waals surface area contributed by atoms with Crippen LogP contribution in [-0.4, -0.2) is 47.9 Å². The first kappa shape index (κ1) is 24.6. The number of amides is 2. The topological polar surface area (TPSA) is 105 Å². The van der Waals surface area contributed by atoms with Gasteiger partial charge in [-0.25, -0.2) is 9.59 Å². The van der Waals surface area contributed by atoms with E-state index in [1.807, 2.05) is 48.5 Å². The zero-order valence-electron chi connectivity index (χ0n) is 18.7. The number of rotatable bonds is 7. The first-order valence-corrected chi connectivity index (χ1v) is 11.3. The van der Waals surface area contributed by atoms with Crippen molar-refractivity contribution in [2.24, 2.45) is 5.92 Å². The van der Waals surface area contributed by atoms with Gasteiger partial charge in [0.1, 0.15) is 6.61 Å². The highest BCUT2D eigenvalue weighted by Gasteiger charge is 2.46. The number of ether oxygens (including phenoxy) is 1. The van der Waals surface area contributed by atoms with Gasteiger partial charge in [0.15, 0.2) is 0 Å². The normalized spacial score (nSPS) is 20.0. The molecule has 0 spiro atoms. The van der Waals surface area contributed by atoms with Crippen molar-refractivity contribution in [1.82, 2.24) is 10.6 Å². The number of carbonyl (C=O) groups excluding carboxylic acids is 2. The maximum Gasteiger partial charge on any atom is 0.419 e. The Morgan fingerprint density at radius 1 is 1.00 bits per heavy atom. The maximum absolute atomic E-state index is 12.7. The molecular weight excluding hydrogens is 465 g/mol. The molecule has 2 aromatic carbocycles. The third kappa shape index (κ3) is 5.58. The predicted molar refractivity (Wildman–Crippen MR) is 120 cm³/mol. The highest BCUT2D eigenvalue weighted by Crippen LogP contribution is 2.44. The number of alkyl halides is 3. The smallest absolute Gasteiger partial charge is 0.419 e. The number of halogens is 3. The second-order valence-corrected chi connectivity index (χ2v) is 8.93. The quantitative estimate of drug-likeness (QED) is 0.539. The van der Waals surface area contributed by atoms with Gasteiger partial charge >= 0.3 is 18.2 Å². The number of alkyl carbamates (subject to hydrolysis) is 1. The fourth-order valence-corrected chi connectivity index (χ4v) is 4.96. The van der Waals surface area contributed by atoms with Gasteiger partial charge in [-0.15, -0.1) is 0 Å². The summed E-state index contributed by atoms with van der Waals surface area (Å²) in [5.41, 5.74) is 4.41. The van der Waals surface area contributed by atoms with Crippen molar-refractivity contribution in [3.8, 4) is 11.1 Å². The number of carboxylic acid groups (broad SMARTS) is 1. The van der Waals surface area contributed by atoms with Crippen LogP contribution >= 0.6 is 0 Å². The van der Waals surface area contributed by atoms with Crippen molar-refractivity contribution in [2.75, 3.05) is 6.61 Å². The lowest BCUT2D eigenvalue weighted by Gasteiger charge is -2.19. The average Bonchev–Trinajstić information content (AvgIpc) is 3.37. The zero-order chi connectivity index (χ0) is 25.2. The van der Waals surface area contributed by atoms with Crippen LogP contribution in [0.2, 0.25) is 0 Å². The van der Waals surface area contributed by atoms with Crippen LogP contribution in [0.3, 0.4) is 0 Å². The molecule has 3 N–H and O–H groups in total. The minimum Gasteiger partial charge on any atom is -0.479 e. The number of fused-ring (bicyclic) bond motifs is 3. The number of aliphatic carboxylic acids is 1. The van der Waals surface area contributed by atoms with E-state index < -0.39 is 30.2 Å². The van der Waals surface area contributed by atoms with Crippen molar-refractivity contribution in [3.63, 3.8) is 0 Å². The molecule has 1 fully saturated rings. The summed E-state index contributed by atoms with van der Waals surface area (Å²) in [6, 6.07) is 12.7. The molecule has 1 saturated carbocycles. The third-order valence-electron chi connectivity index (χ3n) is 6.56. The molecule has 0 aromatic heterocycles. The lowest BCUT2D eigenvalue weighted by molar-refractivity contribution is -0.182. The number of benzene rings is 2. The van der Waals surface area contributed by atoms with Crippen LogP contribution in [0, 0.1) is 5.92 Å². The largest absolute Gasteiger partial charge is 0.479 e. The summed E-state index contributed by atoms with van der Waals surface area (Å²) < 4.78 is 43.7. The Kier molecular flexibility index (Phi) is 7.00. The third-order valence-corrected chi connectivity index (χ3v) is 6.56. The van der Waals surface area contributed by atoms with Crippen molar-refractivity contribution < 1.29 is 37.4 Å². The molecule has 1 unspecified atom stereocenters. The standard InChI is InChI=1S/C25H25F3N2O5/c26-25(27,28)22(23(32)33)30-21(31)12-14-9-10-15(11-14)29-24(34)35-13-20-18-7-3-1-5-16(18)17-6-2-4-8-19(17)20/h1-8,14-15,20,22H,9-13H2,(H,29,34)(H,30,31)(H,32,33)/t14-,15+,22?/m1/s1. The summed E-state index contributed by atoms with van der Waals surface area (Å²) in [5, 5.41) is 13.0. The molecule has 35 heavy (non-hydrogen) atoms. The minimum absolute atomic E-state index is 0.0796. The summed E-state index contributed by atoms with van der Waals surface area (Å²) in [6.07, 6.45) is -4.46. The van der Waals surface area contributed by atoms with Gasteiger partial charge in [-0.2, -0.15) is 13.2 Å². The molecule has 2 aromatic rings. The first-order valence-electron chi connectivity index (χ1n) is 11.3. The molecule has 4 rings (SSSR count). The Labute approximate surface area is 199 Å². The zero-order valence-corrected chi connectivity index (χ0v) is 18.7. The van der Waals surface area contributed by atoms with Crippen LogP contribution in [0.25, 0.3) is 11.1 Å². The molecule has 10 heteroatoms. The molecule has 7 nitrogen and oxygen atoms in total. The minimum atomic E-state index is -5.08. The van der Waals surface area contributed by atoms with Crippen LogP contribution in [0.5, 0.6) is 0 Å². The van der Waals surface area contributed by atoms with Gasteiger partial charge in [-0.1, -0.05) is 48.5 Å². The maximum atomic E-state index is 12.7. The fraction of sp³-hybridized carbons (Fsp3) is 0.400. The Hall–Kier alpha value is -3.56. The van der Waals surface area contributed by atoms with Gasteiger partial charge in [0, 0.05) is 18.4 Å². The number of nitrogens with one attached hydrogen (secondary N) is 2. The molecule has 0 radical (unpaired) electrons. The molecule has 2 aliphatic carbocycles. The van der Waals surface area contributed by atoms with Crippen LogP contribution in [0.1, 0.15) is 42.7 Å². The van der Waals surface area contributed by atoms with E-state index in [2.05, 4.69) is 5.32 Å². The predicted octanol–water partition coefficient (Wildman–Crippen LogP) is 4.22. The van der Waals surface area contributed by atoms with Gasteiger partial charge in [0.25, 0.3) is 0 Å². The van der Waals surface area contributed by atoms with Crippen LogP contribution in [-0.2, 0) is 14.3 Å². The van der Waals surface area contributed by atoms with Crippen molar-refractivity contribution in [2.45, 2.75) is 49.9 Å². The first-order chi connectivity index (χ1) is 16.6. The molecule has 2 amide bonds. The summed E-state index contributed by atoms with van der Waals surface area (Å²) in [4.78, 5) is 35.2. The van der Waals surface area contributed by atoms with Gasteiger partial charge < -0.3 is 20.5 Å². The Morgan fingerprint density at radius 2 is 1.60 bits per heavy atom. The van der Waals surface area contributed by atoms with E-state index in [0.29, 0.717) is 19.3 Å². The molecule has 0 aliphatic heterocycles. The summed E-state index contributed by atoms with van der Waals surface area (Å²) in [5.74, 6) is -3.49. The molecule has 0 bridgehead atoms. The van der Waals surface area contributed by atoms with E-state index in [4.69, 9.17) is 9.84 Å². The second kappa shape index (κ2) is 9.97. The Bertz CT molecular complexity index is 1070. The van der Waals surface area contributed by atoms with Crippen molar-refractivity contribution in [1.29, 1.82) is 0 Å². The van der Waals surface area contributed by atoms with Crippen LogP contribution < -0.4 is 10.6 Å². The SMILES string of the molecule is O=C(C[C@@H]1CC[C@H](NC(=O)OCC2c3ccccc3-c3ccccc32)C1)NC(C(=O)O)C(F)(F)F. The molecule has 2 aliphatic rings. The van der Waals surface area contributed by atoms with Crippen LogP contribution in [0.15, 0.2) is 48.5 Å². The summed E-state index contributed by atoms with van der Waals surface area (Å²) >= 11 is 0. The lowest BCUT2D eigenvalue weighted by atomic mass is 9.98. The number of carboxylic acids is 1. The second-order valence-electron chi connectivity index (χ2n) is 8.93. The highest BCUT2D eigenvalue weighted by molar-refractivity contribution is 5.84. The van der Waals surface area contributed by atoms with Crippen LogP contribution in [0.4, 0.5) is 18.0 Å². The molecule has 186 valence electrons. The molecule has 3 atom stereocenters. The molecular formula is C25H25F3N2O5.